The standard InChI is InChI=1S/C2H2O4.H2O.O.V/c3-1(4)2(5)6;;;/h(H,3,4)(H,5,6);1H2;;/q;;;+2/p-2. The van der Waals surface area contributed by atoms with E-state index in [0.717, 1.165) is 17.4 Å². The molecule has 0 aliphatic heterocycles. The molecule has 0 saturated carbocycles. The minimum absolute atomic E-state index is 0. The summed E-state index contributed by atoms with van der Waals surface area (Å²) in [5, 5.41) is 17.9. The fraction of sp³-hybridized carbons (Fsp3) is 0. The number of carbonyl (C=O) groups is 2. The van der Waals surface area contributed by atoms with Gasteiger partial charge in [0.25, 0.3) is 0 Å². The van der Waals surface area contributed by atoms with Gasteiger partial charge in [0.2, 0.25) is 0 Å². The fourth-order valence-corrected chi connectivity index (χ4v) is 0. The molecule has 0 aromatic carbocycles. The molecule has 6 nitrogen and oxygen atoms in total. The predicted octanol–water partition coefficient (Wildman–Crippen LogP) is -4.46. The zero-order valence-corrected chi connectivity index (χ0v) is 5.39. The molecule has 7 heteroatoms. The van der Waals surface area contributed by atoms with Gasteiger partial charge in [-0.05, 0) is 0 Å². The molecule has 0 spiro atoms. The molecule has 0 heterocycles. The van der Waals surface area contributed by atoms with Crippen molar-refractivity contribution in [3.63, 3.8) is 0 Å². The molecule has 0 aromatic heterocycles. The molecule has 0 aliphatic rings. The Bertz CT molecular complexity index is 87.2. The van der Waals surface area contributed by atoms with Crippen LogP contribution in [0.1, 0.15) is 0 Å². The summed E-state index contributed by atoms with van der Waals surface area (Å²) in [7, 11) is 0. The molecule has 0 atom stereocenters. The van der Waals surface area contributed by atoms with Crippen LogP contribution in [0.4, 0.5) is 0 Å². The average molecular weight is 173 g/mol. The average Bonchev–Trinajstić information content (AvgIpc) is 1.72. The second-order valence-electron chi connectivity index (χ2n) is 0.575. The van der Waals surface area contributed by atoms with Gasteiger partial charge < -0.3 is 25.3 Å². The van der Waals surface area contributed by atoms with E-state index in [1.54, 1.807) is 0 Å². The summed E-state index contributed by atoms with van der Waals surface area (Å²) >= 11 is 1.06. The first-order chi connectivity index (χ1) is 3.64. The third-order valence-electron chi connectivity index (χ3n) is 0.167. The van der Waals surface area contributed by atoms with E-state index in [9.17, 15) is 0 Å². The Morgan fingerprint density at radius 3 is 1.11 bits per heavy atom. The van der Waals surface area contributed by atoms with Crippen LogP contribution in [-0.4, -0.2) is 17.4 Å². The van der Waals surface area contributed by atoms with Crippen molar-refractivity contribution in [2.45, 2.75) is 0 Å². The number of aliphatic carboxylic acids is 2. The van der Waals surface area contributed by atoms with Gasteiger partial charge in [-0.2, -0.15) is 0 Å². The van der Waals surface area contributed by atoms with E-state index in [1.807, 2.05) is 0 Å². The Kier molecular flexibility index (Phi) is 18.0. The van der Waals surface area contributed by atoms with E-state index < -0.39 is 11.9 Å². The van der Waals surface area contributed by atoms with Gasteiger partial charge in [-0.25, -0.2) is 0 Å². The summed E-state index contributed by atoms with van der Waals surface area (Å²) in [4.78, 5) is 17.9. The van der Waals surface area contributed by atoms with Gasteiger partial charge in [-0.3, -0.25) is 0 Å². The summed E-state index contributed by atoms with van der Waals surface area (Å²) in [6, 6.07) is 0. The monoisotopic (exact) mass is 173 g/mol. The number of carboxylic acid groups (broad SMARTS) is 2. The Morgan fingerprint density at radius 2 is 1.11 bits per heavy atom. The van der Waals surface area contributed by atoms with E-state index in [-0.39, 0.29) is 5.48 Å². The van der Waals surface area contributed by atoms with Crippen molar-refractivity contribution in [1.82, 2.24) is 0 Å². The van der Waals surface area contributed by atoms with Crippen molar-refractivity contribution in [1.29, 1.82) is 0 Å². The number of hydrogen-bond donors (Lipinski definition) is 0. The van der Waals surface area contributed by atoms with Crippen LogP contribution in [0.5, 0.6) is 0 Å². The van der Waals surface area contributed by atoms with Crippen LogP contribution in [0.2, 0.25) is 0 Å². The topological polar surface area (TPSA) is 129 Å². The fourth-order valence-electron chi connectivity index (χ4n) is 0. The molecule has 0 radical (unpaired) electrons. The van der Waals surface area contributed by atoms with Crippen molar-refractivity contribution < 1.29 is 46.3 Å². The molecule has 9 heavy (non-hydrogen) atoms. The van der Waals surface area contributed by atoms with Crippen LogP contribution in [0, 0.1) is 0 Å². The van der Waals surface area contributed by atoms with Crippen molar-refractivity contribution in [3.05, 3.63) is 0 Å². The third-order valence-corrected chi connectivity index (χ3v) is 0.167. The van der Waals surface area contributed by atoms with E-state index in [0.29, 0.717) is 0 Å². The third kappa shape index (κ3) is 18.9. The summed E-state index contributed by atoms with van der Waals surface area (Å²) in [5.74, 6) is -4.37. The van der Waals surface area contributed by atoms with Gasteiger partial charge in [0.15, 0.2) is 0 Å². The van der Waals surface area contributed by atoms with Gasteiger partial charge >= 0.3 is 21.0 Å². The van der Waals surface area contributed by atoms with Crippen molar-refractivity contribution in [2.75, 3.05) is 0 Å². The van der Waals surface area contributed by atoms with E-state index >= 15 is 0 Å². The van der Waals surface area contributed by atoms with Gasteiger partial charge in [0, 0.05) is 0 Å². The maximum absolute atomic E-state index is 8.93. The molecule has 0 unspecified atom stereocenters. The first-order valence-electron chi connectivity index (χ1n) is 1.25. The number of hydrogen-bond acceptors (Lipinski definition) is 5. The van der Waals surface area contributed by atoms with Crippen LogP contribution < -0.4 is 10.2 Å². The Hall–Kier alpha value is -0.716. The molecule has 0 saturated heterocycles. The zero-order chi connectivity index (χ0) is 7.15. The van der Waals surface area contributed by atoms with Gasteiger partial charge in [0.05, 0.1) is 11.9 Å². The zero-order valence-electron chi connectivity index (χ0n) is 3.99. The van der Waals surface area contributed by atoms with Crippen LogP contribution in [0.3, 0.4) is 0 Å². The van der Waals surface area contributed by atoms with E-state index in [4.69, 9.17) is 23.5 Å². The molecule has 0 fully saturated rings. The molecule has 0 amide bonds. The van der Waals surface area contributed by atoms with E-state index in [2.05, 4.69) is 0 Å². The van der Waals surface area contributed by atoms with Crippen LogP contribution in [-0.2, 0) is 30.6 Å². The Labute approximate surface area is 59.0 Å². The summed E-state index contributed by atoms with van der Waals surface area (Å²) in [6.07, 6.45) is 0. The first kappa shape index (κ1) is 15.7. The Morgan fingerprint density at radius 1 is 1.00 bits per heavy atom. The molecule has 0 bridgehead atoms. The normalized spacial score (nSPS) is 5.56. The van der Waals surface area contributed by atoms with Crippen molar-refractivity contribution >= 4 is 11.9 Å². The maximum atomic E-state index is 8.93. The number of carbonyl (C=O) groups excluding carboxylic acids is 2. The van der Waals surface area contributed by atoms with Gasteiger partial charge in [-0.1, -0.05) is 0 Å². The number of carboxylic acids is 2. The second kappa shape index (κ2) is 10.3. The van der Waals surface area contributed by atoms with Crippen LogP contribution in [0.15, 0.2) is 0 Å². The summed E-state index contributed by atoms with van der Waals surface area (Å²) in [6.45, 7) is 0. The number of rotatable bonds is 0. The predicted molar refractivity (Wildman–Crippen MR) is 14.3 cm³/mol. The summed E-state index contributed by atoms with van der Waals surface area (Å²) in [5.41, 5.74) is 0. The van der Waals surface area contributed by atoms with Crippen LogP contribution >= 0.6 is 0 Å². The Balaban J connectivity index is -0.000000109. The SMILES string of the molecule is O.O=C([O-])C(=O)[O-].[O]=[V+2]. The quantitative estimate of drug-likeness (QED) is 0.341. The molecule has 0 aromatic rings. The van der Waals surface area contributed by atoms with Crippen molar-refractivity contribution in [3.8, 4) is 0 Å². The van der Waals surface area contributed by atoms with Crippen LogP contribution in [0.25, 0.3) is 0 Å². The van der Waals surface area contributed by atoms with Gasteiger partial charge in [-0.15, -0.1) is 0 Å². The molecular formula is C2H2O6V. The minimum atomic E-state index is -2.19. The molecule has 0 rings (SSSR count). The summed E-state index contributed by atoms with van der Waals surface area (Å²) < 4.78 is 8.19. The van der Waals surface area contributed by atoms with Crippen molar-refractivity contribution in [2.24, 2.45) is 0 Å². The molecule has 2 N–H and O–H groups in total. The molecular weight excluding hydrogens is 171 g/mol. The second-order valence-corrected chi connectivity index (χ2v) is 0.575. The molecule has 0 aliphatic carbocycles. The van der Waals surface area contributed by atoms with Gasteiger partial charge in [0.1, 0.15) is 0 Å². The van der Waals surface area contributed by atoms with E-state index in [1.165, 1.54) is 0 Å². The molecule has 51 valence electrons. The first-order valence-corrected chi connectivity index (χ1v) is 1.82.